The molecule has 0 saturated carbocycles. The number of carbonyl (C=O) groups excluding carboxylic acids is 2. The van der Waals surface area contributed by atoms with E-state index in [2.05, 4.69) is 14.9 Å². The van der Waals surface area contributed by atoms with E-state index in [0.29, 0.717) is 26.2 Å². The first kappa shape index (κ1) is 17.6. The number of likely N-dealkylation sites (tertiary alicyclic amines) is 1. The minimum Gasteiger partial charge on any atom is -0.369 e. The highest BCUT2D eigenvalue weighted by molar-refractivity contribution is 5.81. The van der Waals surface area contributed by atoms with Gasteiger partial charge in [-0.25, -0.2) is 9.97 Å². The molecule has 1 unspecified atom stereocenters. The second-order valence-corrected chi connectivity index (χ2v) is 7.06. The van der Waals surface area contributed by atoms with E-state index in [0.717, 1.165) is 42.9 Å². The van der Waals surface area contributed by atoms with Crippen LogP contribution in [0.1, 0.15) is 24.1 Å². The number of piperidine rings is 1. The van der Waals surface area contributed by atoms with Gasteiger partial charge >= 0.3 is 0 Å². The zero-order valence-corrected chi connectivity index (χ0v) is 14.9. The molecule has 2 amide bonds. The first-order valence-corrected chi connectivity index (χ1v) is 8.75. The molecule has 1 aromatic rings. The average Bonchev–Trinajstić information content (AvgIpc) is 2.61. The lowest BCUT2D eigenvalue weighted by molar-refractivity contribution is -0.136. The van der Waals surface area contributed by atoms with Gasteiger partial charge in [-0.15, -0.1) is 0 Å². The standard InChI is InChI=1S/C17H26N6O2/c1-21(2)17-13-9-22(7-5-14(13)19-11-20-17)10-15(24)23-6-3-4-12(8-23)16(18)25/h11-12H,3-10H2,1-2H3,(H2,18,25). The monoisotopic (exact) mass is 346 g/mol. The molecule has 0 aliphatic carbocycles. The summed E-state index contributed by atoms with van der Waals surface area (Å²) >= 11 is 0. The number of aromatic nitrogens is 2. The third-order valence-corrected chi connectivity index (χ3v) is 5.02. The Morgan fingerprint density at radius 3 is 2.84 bits per heavy atom. The molecule has 8 heteroatoms. The first-order chi connectivity index (χ1) is 12.0. The van der Waals surface area contributed by atoms with Crippen molar-refractivity contribution in [2.45, 2.75) is 25.8 Å². The zero-order valence-electron chi connectivity index (χ0n) is 14.9. The second-order valence-electron chi connectivity index (χ2n) is 7.06. The van der Waals surface area contributed by atoms with Gasteiger partial charge in [0, 0.05) is 52.3 Å². The predicted octanol–water partition coefficient (Wildman–Crippen LogP) is -0.375. The maximum absolute atomic E-state index is 12.7. The van der Waals surface area contributed by atoms with Crippen LogP contribution in [0.3, 0.4) is 0 Å². The largest absolute Gasteiger partial charge is 0.369 e. The number of carbonyl (C=O) groups is 2. The van der Waals surface area contributed by atoms with Crippen molar-refractivity contribution in [1.29, 1.82) is 0 Å². The molecule has 2 aliphatic heterocycles. The Morgan fingerprint density at radius 1 is 1.32 bits per heavy atom. The van der Waals surface area contributed by atoms with Gasteiger partial charge in [0.15, 0.2) is 0 Å². The molecule has 0 radical (unpaired) electrons. The molecule has 0 aromatic carbocycles. The molecule has 2 aliphatic rings. The number of amides is 2. The molecule has 8 nitrogen and oxygen atoms in total. The van der Waals surface area contributed by atoms with E-state index >= 15 is 0 Å². The van der Waals surface area contributed by atoms with Crippen molar-refractivity contribution in [3.63, 3.8) is 0 Å². The molecule has 1 atom stereocenters. The van der Waals surface area contributed by atoms with Crippen LogP contribution < -0.4 is 10.6 Å². The van der Waals surface area contributed by atoms with E-state index < -0.39 is 0 Å². The highest BCUT2D eigenvalue weighted by Gasteiger charge is 2.29. The number of nitrogens with zero attached hydrogens (tertiary/aromatic N) is 5. The van der Waals surface area contributed by atoms with Crippen LogP contribution in [0, 0.1) is 5.92 Å². The maximum atomic E-state index is 12.7. The van der Waals surface area contributed by atoms with Gasteiger partial charge in [-0.3, -0.25) is 14.5 Å². The number of hydrogen-bond donors (Lipinski definition) is 1. The van der Waals surface area contributed by atoms with Crippen molar-refractivity contribution in [1.82, 2.24) is 19.8 Å². The fraction of sp³-hybridized carbons (Fsp3) is 0.647. The molecule has 0 bridgehead atoms. The van der Waals surface area contributed by atoms with Crippen LogP contribution in [0.25, 0.3) is 0 Å². The molecule has 0 spiro atoms. The number of hydrogen-bond acceptors (Lipinski definition) is 6. The van der Waals surface area contributed by atoms with E-state index in [4.69, 9.17) is 5.73 Å². The number of primary amides is 1. The molecular weight excluding hydrogens is 320 g/mol. The topological polar surface area (TPSA) is 95.7 Å². The van der Waals surface area contributed by atoms with Crippen LogP contribution in [0.2, 0.25) is 0 Å². The molecule has 1 aromatic heterocycles. The molecule has 3 rings (SSSR count). The molecule has 1 fully saturated rings. The number of anilines is 1. The lowest BCUT2D eigenvalue weighted by Crippen LogP contribution is -2.48. The predicted molar refractivity (Wildman–Crippen MR) is 93.8 cm³/mol. The van der Waals surface area contributed by atoms with Crippen LogP contribution in [-0.4, -0.2) is 71.9 Å². The van der Waals surface area contributed by atoms with Gasteiger partial charge in [-0.2, -0.15) is 0 Å². The first-order valence-electron chi connectivity index (χ1n) is 8.75. The SMILES string of the molecule is CN(C)c1ncnc2c1CN(CC(=O)N1CCCC(C(N)=O)C1)CC2. The Kier molecular flexibility index (Phi) is 5.17. The van der Waals surface area contributed by atoms with Crippen molar-refractivity contribution in [2.24, 2.45) is 11.7 Å². The third kappa shape index (κ3) is 3.89. The summed E-state index contributed by atoms with van der Waals surface area (Å²) in [5.41, 5.74) is 7.57. The molecular formula is C17H26N6O2. The lowest BCUT2D eigenvalue weighted by Gasteiger charge is -2.34. The molecule has 1 saturated heterocycles. The number of rotatable bonds is 4. The summed E-state index contributed by atoms with van der Waals surface area (Å²) in [6.07, 6.45) is 4.03. The normalized spacial score (nSPS) is 20.9. The van der Waals surface area contributed by atoms with Crippen LogP contribution in [-0.2, 0) is 22.6 Å². The van der Waals surface area contributed by atoms with E-state index in [1.54, 1.807) is 11.2 Å². The van der Waals surface area contributed by atoms with Crippen LogP contribution in [0.15, 0.2) is 6.33 Å². The van der Waals surface area contributed by atoms with Gasteiger partial charge in [0.2, 0.25) is 11.8 Å². The van der Waals surface area contributed by atoms with Crippen molar-refractivity contribution < 1.29 is 9.59 Å². The summed E-state index contributed by atoms with van der Waals surface area (Å²) < 4.78 is 0. The maximum Gasteiger partial charge on any atom is 0.236 e. The summed E-state index contributed by atoms with van der Waals surface area (Å²) in [4.78, 5) is 38.7. The summed E-state index contributed by atoms with van der Waals surface area (Å²) in [5.74, 6) is 0.456. The Labute approximate surface area is 148 Å². The third-order valence-electron chi connectivity index (χ3n) is 5.02. The Hall–Kier alpha value is -2.22. The Balaban J connectivity index is 1.65. The molecule has 2 N–H and O–H groups in total. The van der Waals surface area contributed by atoms with Gasteiger partial charge < -0.3 is 15.5 Å². The van der Waals surface area contributed by atoms with Gasteiger partial charge in [0.1, 0.15) is 12.1 Å². The van der Waals surface area contributed by atoms with Gasteiger partial charge in [0.25, 0.3) is 0 Å². The van der Waals surface area contributed by atoms with Crippen LogP contribution >= 0.6 is 0 Å². The van der Waals surface area contributed by atoms with E-state index in [1.807, 2.05) is 19.0 Å². The van der Waals surface area contributed by atoms with Gasteiger partial charge in [-0.05, 0) is 12.8 Å². The van der Waals surface area contributed by atoms with Crippen LogP contribution in [0.4, 0.5) is 5.82 Å². The van der Waals surface area contributed by atoms with E-state index in [9.17, 15) is 9.59 Å². The summed E-state index contributed by atoms with van der Waals surface area (Å²) in [6, 6.07) is 0. The lowest BCUT2D eigenvalue weighted by atomic mass is 9.97. The van der Waals surface area contributed by atoms with Gasteiger partial charge in [-0.1, -0.05) is 0 Å². The smallest absolute Gasteiger partial charge is 0.236 e. The highest BCUT2D eigenvalue weighted by atomic mass is 16.2. The zero-order chi connectivity index (χ0) is 18.0. The highest BCUT2D eigenvalue weighted by Crippen LogP contribution is 2.24. The molecule has 3 heterocycles. The van der Waals surface area contributed by atoms with Crippen molar-refractivity contribution >= 4 is 17.6 Å². The van der Waals surface area contributed by atoms with Crippen molar-refractivity contribution in [3.8, 4) is 0 Å². The number of fused-ring (bicyclic) bond motifs is 1. The molecule has 25 heavy (non-hydrogen) atoms. The minimum absolute atomic E-state index is 0.0673. The minimum atomic E-state index is -0.308. The van der Waals surface area contributed by atoms with Gasteiger partial charge in [0.05, 0.1) is 18.2 Å². The second kappa shape index (κ2) is 7.35. The van der Waals surface area contributed by atoms with E-state index in [-0.39, 0.29) is 17.7 Å². The average molecular weight is 346 g/mol. The Bertz CT molecular complexity index is 663. The summed E-state index contributed by atoms with van der Waals surface area (Å²) in [7, 11) is 3.93. The van der Waals surface area contributed by atoms with Crippen LogP contribution in [0.5, 0.6) is 0 Å². The molecule has 136 valence electrons. The Morgan fingerprint density at radius 2 is 2.12 bits per heavy atom. The van der Waals surface area contributed by atoms with Crippen molar-refractivity contribution in [2.75, 3.05) is 45.2 Å². The van der Waals surface area contributed by atoms with E-state index in [1.165, 1.54) is 0 Å². The quantitative estimate of drug-likeness (QED) is 0.799. The summed E-state index contributed by atoms with van der Waals surface area (Å²) in [5, 5.41) is 0. The fourth-order valence-electron chi connectivity index (χ4n) is 3.63. The number of nitrogens with two attached hydrogens (primary N) is 1. The summed E-state index contributed by atoms with van der Waals surface area (Å²) in [6.45, 7) is 2.98. The van der Waals surface area contributed by atoms with Crippen molar-refractivity contribution in [3.05, 3.63) is 17.6 Å². The fourth-order valence-corrected chi connectivity index (χ4v) is 3.63.